The SMILES string of the molecule is CC(C)(C)c1ccc(OCC(=O)N2CCOCC2)cc1. The largest absolute Gasteiger partial charge is 0.484 e. The average molecular weight is 277 g/mol. The lowest BCUT2D eigenvalue weighted by Gasteiger charge is -2.26. The molecule has 4 heteroatoms. The minimum absolute atomic E-state index is 0.0215. The molecule has 0 radical (unpaired) electrons. The van der Waals surface area contributed by atoms with E-state index in [0.717, 1.165) is 5.75 Å². The van der Waals surface area contributed by atoms with Crippen LogP contribution in [0.15, 0.2) is 24.3 Å². The number of rotatable bonds is 3. The lowest BCUT2D eigenvalue weighted by Crippen LogP contribution is -2.42. The van der Waals surface area contributed by atoms with Gasteiger partial charge in [0.15, 0.2) is 6.61 Å². The first-order chi connectivity index (χ1) is 9.47. The summed E-state index contributed by atoms with van der Waals surface area (Å²) in [5.41, 5.74) is 1.38. The van der Waals surface area contributed by atoms with Crippen molar-refractivity contribution in [2.45, 2.75) is 26.2 Å². The molecule has 1 aromatic rings. The van der Waals surface area contributed by atoms with Crippen molar-refractivity contribution in [2.24, 2.45) is 0 Å². The molecule has 1 fully saturated rings. The second kappa shape index (κ2) is 6.27. The zero-order valence-electron chi connectivity index (χ0n) is 12.5. The number of nitrogens with zero attached hydrogens (tertiary/aromatic N) is 1. The van der Waals surface area contributed by atoms with Crippen molar-refractivity contribution < 1.29 is 14.3 Å². The fourth-order valence-corrected chi connectivity index (χ4v) is 2.10. The molecule has 2 rings (SSSR count). The number of carbonyl (C=O) groups excluding carboxylic acids is 1. The lowest BCUT2D eigenvalue weighted by atomic mass is 9.87. The molecule has 1 aliphatic rings. The van der Waals surface area contributed by atoms with E-state index in [9.17, 15) is 4.79 Å². The third-order valence-electron chi connectivity index (χ3n) is 3.45. The maximum absolute atomic E-state index is 11.9. The summed E-state index contributed by atoms with van der Waals surface area (Å²) < 4.78 is 10.8. The number of benzene rings is 1. The van der Waals surface area contributed by atoms with Gasteiger partial charge in [-0.2, -0.15) is 0 Å². The van der Waals surface area contributed by atoms with Crippen LogP contribution in [0.5, 0.6) is 5.75 Å². The van der Waals surface area contributed by atoms with Crippen LogP contribution in [-0.2, 0) is 14.9 Å². The Bertz CT molecular complexity index is 442. The number of hydrogen-bond acceptors (Lipinski definition) is 3. The normalized spacial score (nSPS) is 16.1. The molecule has 1 saturated heterocycles. The van der Waals surface area contributed by atoms with Crippen LogP contribution in [0.25, 0.3) is 0 Å². The fourth-order valence-electron chi connectivity index (χ4n) is 2.10. The molecule has 1 heterocycles. The van der Waals surface area contributed by atoms with Gasteiger partial charge in [0.2, 0.25) is 0 Å². The van der Waals surface area contributed by atoms with Gasteiger partial charge in [-0.15, -0.1) is 0 Å². The Balaban J connectivity index is 1.86. The van der Waals surface area contributed by atoms with Crippen LogP contribution in [0.1, 0.15) is 26.3 Å². The van der Waals surface area contributed by atoms with E-state index in [1.54, 1.807) is 4.90 Å². The first-order valence-electron chi connectivity index (χ1n) is 7.06. The molecule has 0 N–H and O–H groups in total. The number of carbonyl (C=O) groups is 1. The van der Waals surface area contributed by atoms with E-state index in [4.69, 9.17) is 9.47 Å². The quantitative estimate of drug-likeness (QED) is 0.850. The molecule has 1 aromatic carbocycles. The Morgan fingerprint density at radius 3 is 2.35 bits per heavy atom. The summed E-state index contributed by atoms with van der Waals surface area (Å²) >= 11 is 0. The maximum atomic E-state index is 11.9. The van der Waals surface area contributed by atoms with E-state index in [1.165, 1.54) is 5.56 Å². The molecular formula is C16H23NO3. The second-order valence-corrected chi connectivity index (χ2v) is 6.06. The molecule has 0 spiro atoms. The van der Waals surface area contributed by atoms with Gasteiger partial charge in [0, 0.05) is 13.1 Å². The van der Waals surface area contributed by atoms with Gasteiger partial charge in [-0.1, -0.05) is 32.9 Å². The standard InChI is InChI=1S/C16H23NO3/c1-16(2,3)13-4-6-14(7-5-13)20-12-15(18)17-8-10-19-11-9-17/h4-7H,8-12H2,1-3H3. The summed E-state index contributed by atoms with van der Waals surface area (Å²) in [6.07, 6.45) is 0. The van der Waals surface area contributed by atoms with E-state index in [-0.39, 0.29) is 17.9 Å². The third-order valence-corrected chi connectivity index (χ3v) is 3.45. The molecule has 4 nitrogen and oxygen atoms in total. The summed E-state index contributed by atoms with van der Waals surface area (Å²) in [6.45, 7) is 9.16. The van der Waals surface area contributed by atoms with Gasteiger partial charge in [0.05, 0.1) is 13.2 Å². The maximum Gasteiger partial charge on any atom is 0.260 e. The van der Waals surface area contributed by atoms with E-state index >= 15 is 0 Å². The molecule has 110 valence electrons. The van der Waals surface area contributed by atoms with Gasteiger partial charge in [0.1, 0.15) is 5.75 Å². The summed E-state index contributed by atoms with van der Waals surface area (Å²) in [5, 5.41) is 0. The molecule has 0 unspecified atom stereocenters. The van der Waals surface area contributed by atoms with Gasteiger partial charge in [-0.05, 0) is 23.1 Å². The Morgan fingerprint density at radius 2 is 1.80 bits per heavy atom. The number of morpholine rings is 1. The smallest absolute Gasteiger partial charge is 0.260 e. The molecule has 0 aliphatic carbocycles. The predicted octanol–water partition coefficient (Wildman–Crippen LogP) is 2.22. The molecule has 0 atom stereocenters. The molecule has 20 heavy (non-hydrogen) atoms. The fraction of sp³-hybridized carbons (Fsp3) is 0.562. The average Bonchev–Trinajstić information content (AvgIpc) is 2.45. The molecule has 0 aromatic heterocycles. The van der Waals surface area contributed by atoms with Gasteiger partial charge in [-0.25, -0.2) is 0 Å². The lowest BCUT2D eigenvalue weighted by molar-refractivity contribution is -0.137. The molecule has 0 saturated carbocycles. The van der Waals surface area contributed by atoms with Crippen LogP contribution in [0.3, 0.4) is 0 Å². The first kappa shape index (κ1) is 14.9. The van der Waals surface area contributed by atoms with Crippen molar-refractivity contribution in [2.75, 3.05) is 32.9 Å². The van der Waals surface area contributed by atoms with Crippen LogP contribution in [0.4, 0.5) is 0 Å². The molecular weight excluding hydrogens is 254 g/mol. The van der Waals surface area contributed by atoms with Crippen molar-refractivity contribution in [1.29, 1.82) is 0 Å². The van der Waals surface area contributed by atoms with Crippen molar-refractivity contribution in [1.82, 2.24) is 4.90 Å². The zero-order chi connectivity index (χ0) is 14.6. The van der Waals surface area contributed by atoms with Crippen molar-refractivity contribution in [3.63, 3.8) is 0 Å². The highest BCUT2D eigenvalue weighted by atomic mass is 16.5. The molecule has 1 amide bonds. The Hall–Kier alpha value is -1.55. The Morgan fingerprint density at radius 1 is 1.20 bits per heavy atom. The van der Waals surface area contributed by atoms with Crippen LogP contribution in [0.2, 0.25) is 0 Å². The predicted molar refractivity (Wildman–Crippen MR) is 78.0 cm³/mol. The highest BCUT2D eigenvalue weighted by molar-refractivity contribution is 5.77. The van der Waals surface area contributed by atoms with Crippen molar-refractivity contribution >= 4 is 5.91 Å². The Labute approximate surface area is 120 Å². The Kier molecular flexibility index (Phi) is 4.65. The summed E-state index contributed by atoms with van der Waals surface area (Å²) in [4.78, 5) is 13.7. The minimum Gasteiger partial charge on any atom is -0.484 e. The van der Waals surface area contributed by atoms with Crippen molar-refractivity contribution in [3.05, 3.63) is 29.8 Å². The van der Waals surface area contributed by atoms with Gasteiger partial charge < -0.3 is 14.4 Å². The van der Waals surface area contributed by atoms with Crippen LogP contribution >= 0.6 is 0 Å². The summed E-state index contributed by atoms with van der Waals surface area (Å²) in [6, 6.07) is 7.95. The van der Waals surface area contributed by atoms with E-state index in [2.05, 4.69) is 32.9 Å². The highest BCUT2D eigenvalue weighted by Crippen LogP contribution is 2.24. The molecule has 0 bridgehead atoms. The topological polar surface area (TPSA) is 38.8 Å². The summed E-state index contributed by atoms with van der Waals surface area (Å²) in [5.74, 6) is 0.757. The molecule has 1 aliphatic heterocycles. The monoisotopic (exact) mass is 277 g/mol. The van der Waals surface area contributed by atoms with Crippen LogP contribution in [0, 0.1) is 0 Å². The highest BCUT2D eigenvalue weighted by Gasteiger charge is 2.17. The number of amides is 1. The summed E-state index contributed by atoms with van der Waals surface area (Å²) in [7, 11) is 0. The van der Waals surface area contributed by atoms with Crippen molar-refractivity contribution in [3.8, 4) is 5.75 Å². The van der Waals surface area contributed by atoms with E-state index in [0.29, 0.717) is 26.3 Å². The third kappa shape index (κ3) is 3.97. The zero-order valence-corrected chi connectivity index (χ0v) is 12.5. The van der Waals surface area contributed by atoms with Gasteiger partial charge in [0.25, 0.3) is 5.91 Å². The van der Waals surface area contributed by atoms with Crippen LogP contribution < -0.4 is 4.74 Å². The van der Waals surface area contributed by atoms with Crippen LogP contribution in [-0.4, -0.2) is 43.7 Å². The van der Waals surface area contributed by atoms with Gasteiger partial charge in [-0.3, -0.25) is 4.79 Å². The van der Waals surface area contributed by atoms with Gasteiger partial charge >= 0.3 is 0 Å². The number of ether oxygens (including phenoxy) is 2. The van der Waals surface area contributed by atoms with E-state index < -0.39 is 0 Å². The first-order valence-corrected chi connectivity index (χ1v) is 7.06. The second-order valence-electron chi connectivity index (χ2n) is 6.06. The van der Waals surface area contributed by atoms with E-state index in [1.807, 2.05) is 12.1 Å². The number of hydrogen-bond donors (Lipinski definition) is 0. The minimum atomic E-state index is 0.0215.